The van der Waals surface area contributed by atoms with Crippen LogP contribution in [0.4, 0.5) is 15.0 Å². The lowest BCUT2D eigenvalue weighted by molar-refractivity contribution is -0.119. The molecule has 21 heavy (non-hydrogen) atoms. The minimum atomic E-state index is -1.06. The van der Waals surface area contributed by atoms with E-state index in [2.05, 4.69) is 15.6 Å². The normalized spacial score (nSPS) is 11.5. The van der Waals surface area contributed by atoms with Crippen molar-refractivity contribution in [1.82, 2.24) is 10.3 Å². The van der Waals surface area contributed by atoms with Gasteiger partial charge in [0, 0.05) is 6.20 Å². The summed E-state index contributed by atoms with van der Waals surface area (Å²) in [6.45, 7) is 0. The molecule has 0 aliphatic rings. The fraction of sp³-hybridized carbons (Fsp3) is 0.0714. The van der Waals surface area contributed by atoms with Crippen LogP contribution < -0.4 is 16.4 Å². The topological polar surface area (TPSA) is 97.1 Å². The molecule has 7 heteroatoms. The number of aromatic nitrogens is 1. The monoisotopic (exact) mass is 288 g/mol. The number of nitrogens with two attached hydrogens (primary N) is 1. The van der Waals surface area contributed by atoms with E-state index in [1.54, 1.807) is 18.2 Å². The van der Waals surface area contributed by atoms with E-state index in [0.29, 0.717) is 11.4 Å². The molecule has 1 heterocycles. The molecule has 0 fully saturated rings. The van der Waals surface area contributed by atoms with Crippen molar-refractivity contribution >= 4 is 17.8 Å². The Kier molecular flexibility index (Phi) is 4.45. The first-order valence-corrected chi connectivity index (χ1v) is 6.09. The van der Waals surface area contributed by atoms with E-state index < -0.39 is 23.8 Å². The van der Waals surface area contributed by atoms with Crippen LogP contribution >= 0.6 is 0 Å². The predicted molar refractivity (Wildman–Crippen MR) is 74.7 cm³/mol. The molecule has 1 aromatic carbocycles. The van der Waals surface area contributed by atoms with Crippen LogP contribution in [0.15, 0.2) is 48.7 Å². The Balaban J connectivity index is 2.08. The number of pyridine rings is 1. The molecule has 0 aliphatic heterocycles. The van der Waals surface area contributed by atoms with E-state index in [4.69, 9.17) is 5.73 Å². The van der Waals surface area contributed by atoms with Gasteiger partial charge >= 0.3 is 6.03 Å². The maximum absolute atomic E-state index is 12.9. The highest BCUT2D eigenvalue weighted by atomic mass is 19.1. The van der Waals surface area contributed by atoms with Gasteiger partial charge in [0.2, 0.25) is 5.91 Å². The second kappa shape index (κ2) is 6.47. The molecule has 0 saturated heterocycles. The Morgan fingerprint density at radius 2 is 1.86 bits per heavy atom. The van der Waals surface area contributed by atoms with Gasteiger partial charge in [0.05, 0.1) is 0 Å². The number of amides is 3. The first-order chi connectivity index (χ1) is 10.1. The maximum atomic E-state index is 12.9. The summed E-state index contributed by atoms with van der Waals surface area (Å²) >= 11 is 0. The van der Waals surface area contributed by atoms with E-state index in [-0.39, 0.29) is 0 Å². The van der Waals surface area contributed by atoms with Crippen molar-refractivity contribution in [3.63, 3.8) is 0 Å². The number of rotatable bonds is 4. The number of hydrogen-bond acceptors (Lipinski definition) is 3. The van der Waals surface area contributed by atoms with E-state index in [1.807, 2.05) is 0 Å². The first-order valence-electron chi connectivity index (χ1n) is 6.09. The van der Waals surface area contributed by atoms with Gasteiger partial charge in [0.25, 0.3) is 0 Å². The molecule has 1 atom stereocenters. The molecule has 0 bridgehead atoms. The van der Waals surface area contributed by atoms with Gasteiger partial charge in [-0.25, -0.2) is 14.2 Å². The van der Waals surface area contributed by atoms with Gasteiger partial charge in [-0.2, -0.15) is 0 Å². The van der Waals surface area contributed by atoms with E-state index in [0.717, 1.165) is 0 Å². The minimum absolute atomic E-state index is 0.331. The molecule has 108 valence electrons. The zero-order valence-corrected chi connectivity index (χ0v) is 10.9. The number of primary amides is 1. The number of hydrogen-bond donors (Lipinski definition) is 3. The molecular weight excluding hydrogens is 275 g/mol. The Bertz CT molecular complexity index is 631. The second-order valence-electron chi connectivity index (χ2n) is 4.20. The number of benzene rings is 1. The molecule has 0 radical (unpaired) electrons. The molecule has 0 saturated carbocycles. The Hall–Kier alpha value is -2.96. The largest absolute Gasteiger partial charge is 0.368 e. The summed E-state index contributed by atoms with van der Waals surface area (Å²) in [6, 6.07) is 8.43. The molecule has 2 aromatic rings. The lowest BCUT2D eigenvalue weighted by Crippen LogP contribution is -2.39. The number of nitrogens with zero attached hydrogens (tertiary/aromatic N) is 1. The smallest absolute Gasteiger partial charge is 0.321 e. The number of urea groups is 1. The van der Waals surface area contributed by atoms with Gasteiger partial charge in [-0.3, -0.25) is 10.1 Å². The maximum Gasteiger partial charge on any atom is 0.321 e. The van der Waals surface area contributed by atoms with Gasteiger partial charge < -0.3 is 11.1 Å². The third kappa shape index (κ3) is 4.00. The zero-order chi connectivity index (χ0) is 15.2. The van der Waals surface area contributed by atoms with Crippen LogP contribution in [0.1, 0.15) is 11.6 Å². The van der Waals surface area contributed by atoms with Crippen molar-refractivity contribution in [2.24, 2.45) is 5.73 Å². The number of anilines is 1. The Morgan fingerprint density at radius 3 is 2.43 bits per heavy atom. The quantitative estimate of drug-likeness (QED) is 0.796. The summed E-state index contributed by atoms with van der Waals surface area (Å²) in [4.78, 5) is 27.2. The summed E-state index contributed by atoms with van der Waals surface area (Å²) in [5.74, 6) is -0.866. The summed E-state index contributed by atoms with van der Waals surface area (Å²) < 4.78 is 12.9. The number of carbonyl (C=O) groups excluding carboxylic acids is 2. The first kappa shape index (κ1) is 14.4. The van der Waals surface area contributed by atoms with Crippen LogP contribution in [0.5, 0.6) is 0 Å². The molecule has 0 spiro atoms. The molecular formula is C14H13FN4O2. The van der Waals surface area contributed by atoms with E-state index in [1.165, 1.54) is 30.5 Å². The fourth-order valence-corrected chi connectivity index (χ4v) is 1.69. The average molecular weight is 288 g/mol. The number of halogens is 1. The van der Waals surface area contributed by atoms with Crippen molar-refractivity contribution in [2.75, 3.05) is 5.32 Å². The molecule has 1 aromatic heterocycles. The SMILES string of the molecule is NC(=O)[C@@H](NC(=O)Nc1ccccn1)c1ccc(F)cc1. The number of nitrogens with one attached hydrogen (secondary N) is 2. The van der Waals surface area contributed by atoms with Gasteiger partial charge in [-0.15, -0.1) is 0 Å². The van der Waals surface area contributed by atoms with Crippen LogP contribution in [-0.2, 0) is 4.79 Å². The number of carbonyl (C=O) groups is 2. The highest BCUT2D eigenvalue weighted by molar-refractivity contribution is 5.93. The third-order valence-electron chi connectivity index (χ3n) is 2.67. The van der Waals surface area contributed by atoms with Crippen LogP contribution in [0.3, 0.4) is 0 Å². The highest BCUT2D eigenvalue weighted by Gasteiger charge is 2.20. The predicted octanol–water partition coefficient (Wildman–Crippen LogP) is 1.57. The minimum Gasteiger partial charge on any atom is -0.368 e. The van der Waals surface area contributed by atoms with E-state index >= 15 is 0 Å². The fourth-order valence-electron chi connectivity index (χ4n) is 1.69. The van der Waals surface area contributed by atoms with Crippen LogP contribution in [-0.4, -0.2) is 16.9 Å². The Labute approximate surface area is 120 Å². The van der Waals surface area contributed by atoms with Crippen LogP contribution in [0.25, 0.3) is 0 Å². The molecule has 6 nitrogen and oxygen atoms in total. The summed E-state index contributed by atoms with van der Waals surface area (Å²) in [7, 11) is 0. The van der Waals surface area contributed by atoms with Crippen molar-refractivity contribution in [3.8, 4) is 0 Å². The van der Waals surface area contributed by atoms with Crippen molar-refractivity contribution in [3.05, 3.63) is 60.0 Å². The average Bonchev–Trinajstić information content (AvgIpc) is 2.47. The van der Waals surface area contributed by atoms with Crippen molar-refractivity contribution in [1.29, 1.82) is 0 Å². The lowest BCUT2D eigenvalue weighted by Gasteiger charge is -2.16. The second-order valence-corrected chi connectivity index (χ2v) is 4.20. The summed E-state index contributed by atoms with van der Waals surface area (Å²) in [5.41, 5.74) is 5.65. The Morgan fingerprint density at radius 1 is 1.14 bits per heavy atom. The highest BCUT2D eigenvalue weighted by Crippen LogP contribution is 2.13. The van der Waals surface area contributed by atoms with Crippen LogP contribution in [0, 0.1) is 5.82 Å². The summed E-state index contributed by atoms with van der Waals surface area (Å²) in [5, 5.41) is 4.88. The molecule has 4 N–H and O–H groups in total. The summed E-state index contributed by atoms with van der Waals surface area (Å²) in [6.07, 6.45) is 1.52. The van der Waals surface area contributed by atoms with Gasteiger partial charge in [-0.1, -0.05) is 18.2 Å². The standard InChI is InChI=1S/C14H13FN4O2/c15-10-6-4-9(5-7-10)12(13(16)20)19-14(21)18-11-3-1-2-8-17-11/h1-8,12H,(H2,16,20)(H2,17,18,19,21)/t12-/m0/s1. The van der Waals surface area contributed by atoms with Gasteiger partial charge in [0.1, 0.15) is 17.7 Å². The van der Waals surface area contributed by atoms with Crippen molar-refractivity contribution in [2.45, 2.75) is 6.04 Å². The molecule has 0 aliphatic carbocycles. The van der Waals surface area contributed by atoms with E-state index in [9.17, 15) is 14.0 Å². The van der Waals surface area contributed by atoms with Crippen LogP contribution in [0.2, 0.25) is 0 Å². The molecule has 3 amide bonds. The molecule has 0 unspecified atom stereocenters. The van der Waals surface area contributed by atoms with Crippen molar-refractivity contribution < 1.29 is 14.0 Å². The lowest BCUT2D eigenvalue weighted by atomic mass is 10.1. The zero-order valence-electron chi connectivity index (χ0n) is 10.9. The van der Waals surface area contributed by atoms with Gasteiger partial charge in [0.15, 0.2) is 0 Å². The van der Waals surface area contributed by atoms with Gasteiger partial charge in [-0.05, 0) is 29.8 Å². The molecule has 2 rings (SSSR count). The third-order valence-corrected chi connectivity index (χ3v) is 2.67.